The fourth-order valence-corrected chi connectivity index (χ4v) is 1.85. The molecule has 3 nitrogen and oxygen atoms in total. The second-order valence-electron chi connectivity index (χ2n) is 4.88. The van der Waals surface area contributed by atoms with Crippen molar-refractivity contribution in [3.63, 3.8) is 0 Å². The molecule has 0 saturated heterocycles. The van der Waals surface area contributed by atoms with Crippen LogP contribution in [0.3, 0.4) is 0 Å². The van der Waals surface area contributed by atoms with E-state index in [1.165, 1.54) is 12.1 Å². The van der Waals surface area contributed by atoms with E-state index in [4.69, 9.17) is 11.1 Å². The molecule has 0 aromatic heterocycles. The van der Waals surface area contributed by atoms with Gasteiger partial charge in [0.25, 0.3) is 0 Å². The minimum Gasteiger partial charge on any atom is -0.387 e. The predicted molar refractivity (Wildman–Crippen MR) is 73.5 cm³/mol. The molecule has 0 saturated carbocycles. The number of nitrogens with two attached hydrogens (primary N) is 1. The molecule has 0 bridgehead atoms. The van der Waals surface area contributed by atoms with Crippen molar-refractivity contribution >= 4 is 5.84 Å². The van der Waals surface area contributed by atoms with Crippen LogP contribution in [-0.4, -0.2) is 23.8 Å². The molecule has 0 spiro atoms. The third kappa shape index (κ3) is 4.85. The van der Waals surface area contributed by atoms with Crippen LogP contribution in [0, 0.1) is 11.3 Å². The highest BCUT2D eigenvalue weighted by Crippen LogP contribution is 2.29. The average molecular weight is 287 g/mol. The zero-order valence-corrected chi connectivity index (χ0v) is 11.7. The molecule has 0 aliphatic heterocycles. The number of alkyl halides is 3. The smallest absolute Gasteiger partial charge is 0.387 e. The summed E-state index contributed by atoms with van der Waals surface area (Å²) in [5.74, 6) is 0.0558. The standard InChI is InChI=1S/C14H20F3N3/c1-3-20(8-10(2)13(18)19)9-11-4-6-12(7-5-11)14(15,16)17/h4-7,10H,3,8-9H2,1-2H3,(H3,18,19). The Morgan fingerprint density at radius 2 is 1.85 bits per heavy atom. The predicted octanol–water partition coefficient (Wildman–Crippen LogP) is 3.10. The SMILES string of the molecule is CCN(Cc1ccc(C(F)(F)F)cc1)CC(C)C(=N)N. The van der Waals surface area contributed by atoms with Gasteiger partial charge in [0, 0.05) is 19.0 Å². The van der Waals surface area contributed by atoms with Crippen LogP contribution in [0.2, 0.25) is 0 Å². The first-order valence-electron chi connectivity index (χ1n) is 6.46. The fourth-order valence-electron chi connectivity index (χ4n) is 1.85. The van der Waals surface area contributed by atoms with Gasteiger partial charge in [-0.3, -0.25) is 10.3 Å². The molecule has 112 valence electrons. The minimum atomic E-state index is -4.30. The largest absolute Gasteiger partial charge is 0.416 e. The molecule has 1 aromatic carbocycles. The molecule has 6 heteroatoms. The number of amidine groups is 1. The Bertz CT molecular complexity index is 440. The summed E-state index contributed by atoms with van der Waals surface area (Å²) in [6.07, 6.45) is -4.30. The zero-order chi connectivity index (χ0) is 15.3. The number of benzene rings is 1. The topological polar surface area (TPSA) is 53.1 Å². The Hall–Kier alpha value is -1.56. The summed E-state index contributed by atoms with van der Waals surface area (Å²) in [4.78, 5) is 2.05. The van der Waals surface area contributed by atoms with Gasteiger partial charge in [-0.15, -0.1) is 0 Å². The molecule has 0 amide bonds. The quantitative estimate of drug-likeness (QED) is 0.624. The molecular weight excluding hydrogens is 267 g/mol. The average Bonchev–Trinajstić information content (AvgIpc) is 2.37. The van der Waals surface area contributed by atoms with Crippen molar-refractivity contribution in [2.45, 2.75) is 26.6 Å². The molecule has 0 radical (unpaired) electrons. The van der Waals surface area contributed by atoms with E-state index in [9.17, 15) is 13.2 Å². The highest BCUT2D eigenvalue weighted by molar-refractivity contribution is 5.79. The normalized spacial score (nSPS) is 13.5. The van der Waals surface area contributed by atoms with Gasteiger partial charge in [0.1, 0.15) is 0 Å². The van der Waals surface area contributed by atoms with Gasteiger partial charge in [0.05, 0.1) is 11.4 Å². The van der Waals surface area contributed by atoms with Gasteiger partial charge in [-0.2, -0.15) is 13.2 Å². The Morgan fingerprint density at radius 3 is 2.25 bits per heavy atom. The Kier molecular flexibility index (Phi) is 5.56. The third-order valence-corrected chi connectivity index (χ3v) is 3.20. The molecule has 20 heavy (non-hydrogen) atoms. The van der Waals surface area contributed by atoms with Crippen LogP contribution >= 0.6 is 0 Å². The summed E-state index contributed by atoms with van der Waals surface area (Å²) < 4.78 is 37.4. The molecule has 1 rings (SSSR count). The van der Waals surface area contributed by atoms with Crippen LogP contribution in [0.25, 0.3) is 0 Å². The van der Waals surface area contributed by atoms with Crippen molar-refractivity contribution in [1.82, 2.24) is 4.90 Å². The summed E-state index contributed by atoms with van der Waals surface area (Å²) in [7, 11) is 0. The van der Waals surface area contributed by atoms with E-state index in [1.54, 1.807) is 0 Å². The van der Waals surface area contributed by atoms with E-state index < -0.39 is 11.7 Å². The highest BCUT2D eigenvalue weighted by Gasteiger charge is 2.29. The first-order valence-corrected chi connectivity index (χ1v) is 6.46. The van der Waals surface area contributed by atoms with Crippen LogP contribution < -0.4 is 5.73 Å². The number of hydrogen-bond acceptors (Lipinski definition) is 2. The monoisotopic (exact) mass is 287 g/mol. The summed E-state index contributed by atoms with van der Waals surface area (Å²) in [6.45, 7) is 5.74. The van der Waals surface area contributed by atoms with Crippen molar-refractivity contribution in [1.29, 1.82) is 5.41 Å². The molecule has 1 aromatic rings. The molecular formula is C14H20F3N3. The van der Waals surface area contributed by atoms with E-state index in [1.807, 2.05) is 13.8 Å². The maximum atomic E-state index is 12.5. The molecule has 0 fully saturated rings. The molecule has 1 unspecified atom stereocenters. The summed E-state index contributed by atoms with van der Waals surface area (Å²) in [5.41, 5.74) is 5.61. The van der Waals surface area contributed by atoms with Crippen molar-refractivity contribution < 1.29 is 13.2 Å². The number of nitrogens with one attached hydrogen (secondary N) is 1. The lowest BCUT2D eigenvalue weighted by molar-refractivity contribution is -0.137. The van der Waals surface area contributed by atoms with Gasteiger partial charge in [0.2, 0.25) is 0 Å². The third-order valence-electron chi connectivity index (χ3n) is 3.20. The van der Waals surface area contributed by atoms with Crippen LogP contribution in [0.4, 0.5) is 13.2 Å². The van der Waals surface area contributed by atoms with Crippen molar-refractivity contribution in [2.75, 3.05) is 13.1 Å². The molecule has 3 N–H and O–H groups in total. The second-order valence-corrected chi connectivity index (χ2v) is 4.88. The summed E-state index contributed by atoms with van der Waals surface area (Å²) in [6, 6.07) is 5.17. The van der Waals surface area contributed by atoms with E-state index in [0.29, 0.717) is 13.1 Å². The first kappa shape index (κ1) is 16.5. The van der Waals surface area contributed by atoms with Crippen LogP contribution in [0.1, 0.15) is 25.0 Å². The molecule has 0 heterocycles. The Balaban J connectivity index is 2.69. The number of nitrogens with zero attached hydrogens (tertiary/aromatic N) is 1. The lowest BCUT2D eigenvalue weighted by Gasteiger charge is -2.24. The van der Waals surface area contributed by atoms with Gasteiger partial charge in [-0.25, -0.2) is 0 Å². The second kappa shape index (κ2) is 6.74. The lowest BCUT2D eigenvalue weighted by atomic mass is 10.1. The number of hydrogen-bond donors (Lipinski definition) is 2. The van der Waals surface area contributed by atoms with E-state index >= 15 is 0 Å². The van der Waals surface area contributed by atoms with Crippen LogP contribution in [0.15, 0.2) is 24.3 Å². The highest BCUT2D eigenvalue weighted by atomic mass is 19.4. The fraction of sp³-hybridized carbons (Fsp3) is 0.500. The molecule has 1 atom stereocenters. The zero-order valence-electron chi connectivity index (χ0n) is 11.7. The van der Waals surface area contributed by atoms with Gasteiger partial charge >= 0.3 is 6.18 Å². The summed E-state index contributed by atoms with van der Waals surface area (Å²) >= 11 is 0. The van der Waals surface area contributed by atoms with E-state index in [2.05, 4.69) is 4.90 Å². The first-order chi connectivity index (χ1) is 9.24. The van der Waals surface area contributed by atoms with E-state index in [0.717, 1.165) is 24.2 Å². The maximum Gasteiger partial charge on any atom is 0.416 e. The van der Waals surface area contributed by atoms with Gasteiger partial charge in [0.15, 0.2) is 0 Å². The van der Waals surface area contributed by atoms with Gasteiger partial charge in [-0.05, 0) is 24.2 Å². The van der Waals surface area contributed by atoms with Crippen LogP contribution in [-0.2, 0) is 12.7 Å². The van der Waals surface area contributed by atoms with Crippen molar-refractivity contribution in [3.05, 3.63) is 35.4 Å². The lowest BCUT2D eigenvalue weighted by Crippen LogP contribution is -2.34. The Labute approximate surface area is 117 Å². The minimum absolute atomic E-state index is 0.0654. The van der Waals surface area contributed by atoms with Crippen molar-refractivity contribution in [3.8, 4) is 0 Å². The number of halogens is 3. The maximum absolute atomic E-state index is 12.5. The summed E-state index contributed by atoms with van der Waals surface area (Å²) in [5, 5.41) is 7.37. The Morgan fingerprint density at radius 1 is 1.30 bits per heavy atom. The van der Waals surface area contributed by atoms with Gasteiger partial charge in [-0.1, -0.05) is 26.0 Å². The number of rotatable bonds is 6. The van der Waals surface area contributed by atoms with Crippen molar-refractivity contribution in [2.24, 2.45) is 11.7 Å². The van der Waals surface area contributed by atoms with Gasteiger partial charge < -0.3 is 5.73 Å². The molecule has 0 aliphatic rings. The van der Waals surface area contributed by atoms with E-state index in [-0.39, 0.29) is 11.8 Å². The molecule has 0 aliphatic carbocycles. The van der Waals surface area contributed by atoms with Crippen LogP contribution in [0.5, 0.6) is 0 Å².